The minimum Gasteiger partial charge on any atom is -0.363 e. The van der Waals surface area contributed by atoms with E-state index in [1.807, 2.05) is 5.32 Å². The van der Waals surface area contributed by atoms with Gasteiger partial charge in [0.25, 0.3) is 17.7 Å². The number of rotatable bonds is 9. The van der Waals surface area contributed by atoms with Gasteiger partial charge in [0.1, 0.15) is 17.5 Å². The van der Waals surface area contributed by atoms with Gasteiger partial charge in [-0.25, -0.2) is 22.5 Å². The third-order valence-corrected chi connectivity index (χ3v) is 4.15. The molecule has 1 aromatic carbocycles. The van der Waals surface area contributed by atoms with Crippen molar-refractivity contribution < 1.29 is 36.7 Å². The topological polar surface area (TPSA) is 131 Å². The number of nitrogens with zero attached hydrogens (tertiary/aromatic N) is 1. The number of hydrogen-bond acceptors (Lipinski definition) is 5. The Bertz CT molecular complexity index is 1060. The number of primary amides is 1. The molecule has 4 N–H and O–H groups in total. The second-order valence-electron chi connectivity index (χ2n) is 6.88. The lowest BCUT2D eigenvalue weighted by Gasteiger charge is -2.19. The van der Waals surface area contributed by atoms with Gasteiger partial charge in [-0.05, 0) is 37.6 Å². The van der Waals surface area contributed by atoms with Crippen molar-refractivity contribution in [3.05, 3.63) is 59.3 Å². The van der Waals surface area contributed by atoms with Crippen LogP contribution >= 0.6 is 0 Å². The molecule has 0 saturated heterocycles. The van der Waals surface area contributed by atoms with Crippen LogP contribution in [-0.2, 0) is 9.59 Å². The van der Waals surface area contributed by atoms with Crippen LogP contribution in [0.15, 0.2) is 36.5 Å². The molecular weight excluding hydrogens is 436 g/mol. The van der Waals surface area contributed by atoms with Crippen LogP contribution in [0.3, 0.4) is 0 Å². The van der Waals surface area contributed by atoms with Crippen LogP contribution in [0.4, 0.5) is 23.4 Å². The van der Waals surface area contributed by atoms with Gasteiger partial charge in [0.2, 0.25) is 11.7 Å². The largest absolute Gasteiger partial charge is 0.363 e. The van der Waals surface area contributed by atoms with E-state index in [1.54, 1.807) is 0 Å². The van der Waals surface area contributed by atoms with Crippen LogP contribution in [0.1, 0.15) is 40.5 Å². The van der Waals surface area contributed by atoms with Crippen molar-refractivity contribution in [2.24, 2.45) is 5.73 Å². The molecule has 2 rings (SSSR count). The maximum Gasteiger partial charge on any atom is 0.287 e. The van der Waals surface area contributed by atoms with E-state index in [-0.39, 0.29) is 5.56 Å². The van der Waals surface area contributed by atoms with E-state index in [1.165, 1.54) is 12.1 Å². The number of amides is 3. The van der Waals surface area contributed by atoms with Gasteiger partial charge in [-0.3, -0.25) is 19.2 Å². The molecule has 1 atom stereocenters. The SMILES string of the molecule is CC(F)(F)CC[C@H](NC(=O)c1cc(F)cnc1NC(=O)c1cccc(F)c1)C(=O)C(N)=O. The highest BCUT2D eigenvalue weighted by molar-refractivity contribution is 6.38. The van der Waals surface area contributed by atoms with E-state index < -0.39 is 71.3 Å². The van der Waals surface area contributed by atoms with Crippen molar-refractivity contribution in [1.82, 2.24) is 10.3 Å². The molecule has 1 aromatic heterocycles. The van der Waals surface area contributed by atoms with Gasteiger partial charge in [0.15, 0.2) is 0 Å². The molecule has 0 saturated carbocycles. The number of benzene rings is 1. The third-order valence-electron chi connectivity index (χ3n) is 4.15. The zero-order valence-electron chi connectivity index (χ0n) is 16.6. The molecule has 3 amide bonds. The summed E-state index contributed by atoms with van der Waals surface area (Å²) in [5, 5.41) is 4.24. The van der Waals surface area contributed by atoms with Crippen molar-refractivity contribution in [3.63, 3.8) is 0 Å². The summed E-state index contributed by atoms with van der Waals surface area (Å²) in [7, 11) is 0. The third kappa shape index (κ3) is 6.86. The molecule has 0 aliphatic carbocycles. The predicted molar refractivity (Wildman–Crippen MR) is 104 cm³/mol. The summed E-state index contributed by atoms with van der Waals surface area (Å²) >= 11 is 0. The number of carbonyl (C=O) groups excluding carboxylic acids is 4. The zero-order chi connectivity index (χ0) is 24.1. The number of nitrogens with two attached hydrogens (primary N) is 1. The summed E-state index contributed by atoms with van der Waals surface area (Å²) in [6, 6.07) is 3.49. The fourth-order valence-electron chi connectivity index (χ4n) is 2.60. The van der Waals surface area contributed by atoms with Crippen molar-refractivity contribution in [3.8, 4) is 0 Å². The van der Waals surface area contributed by atoms with Gasteiger partial charge in [0, 0.05) is 12.0 Å². The molecule has 1 heterocycles. The molecule has 8 nitrogen and oxygen atoms in total. The monoisotopic (exact) mass is 454 g/mol. The number of nitrogens with one attached hydrogen (secondary N) is 2. The average Bonchev–Trinajstić information content (AvgIpc) is 2.70. The van der Waals surface area contributed by atoms with Gasteiger partial charge < -0.3 is 16.4 Å². The van der Waals surface area contributed by atoms with Gasteiger partial charge in [0.05, 0.1) is 17.8 Å². The Kier molecular flexibility index (Phi) is 7.63. The van der Waals surface area contributed by atoms with E-state index in [0.717, 1.165) is 12.1 Å². The Morgan fingerprint density at radius 1 is 1.09 bits per heavy atom. The van der Waals surface area contributed by atoms with E-state index in [4.69, 9.17) is 5.73 Å². The number of pyridine rings is 1. The minimum atomic E-state index is -3.20. The fourth-order valence-corrected chi connectivity index (χ4v) is 2.60. The molecule has 0 unspecified atom stereocenters. The Hall–Kier alpha value is -3.83. The first-order valence-electron chi connectivity index (χ1n) is 9.12. The van der Waals surface area contributed by atoms with Crippen molar-refractivity contribution in [2.75, 3.05) is 5.32 Å². The highest BCUT2D eigenvalue weighted by Crippen LogP contribution is 2.21. The predicted octanol–water partition coefficient (Wildman–Crippen LogP) is 2.20. The molecule has 2 aromatic rings. The van der Waals surface area contributed by atoms with E-state index in [9.17, 15) is 36.7 Å². The number of anilines is 1. The van der Waals surface area contributed by atoms with Crippen LogP contribution in [-0.4, -0.2) is 40.5 Å². The fraction of sp³-hybridized carbons (Fsp3) is 0.250. The van der Waals surface area contributed by atoms with E-state index >= 15 is 0 Å². The lowest BCUT2D eigenvalue weighted by atomic mass is 10.0. The lowest BCUT2D eigenvalue weighted by molar-refractivity contribution is -0.137. The summed E-state index contributed by atoms with van der Waals surface area (Å²) in [6.07, 6.45) is -0.812. The molecule has 0 aliphatic rings. The normalized spacial score (nSPS) is 12.0. The number of alkyl halides is 2. The van der Waals surface area contributed by atoms with E-state index in [0.29, 0.717) is 19.2 Å². The first kappa shape index (κ1) is 24.4. The Labute approximate surface area is 179 Å². The zero-order valence-corrected chi connectivity index (χ0v) is 16.6. The van der Waals surface area contributed by atoms with Gasteiger partial charge in [-0.2, -0.15) is 0 Å². The van der Waals surface area contributed by atoms with E-state index in [2.05, 4.69) is 10.3 Å². The molecule has 0 bridgehead atoms. The second-order valence-corrected chi connectivity index (χ2v) is 6.88. The quantitative estimate of drug-likeness (QED) is 0.395. The maximum absolute atomic E-state index is 13.7. The molecule has 170 valence electrons. The Morgan fingerprint density at radius 3 is 2.38 bits per heavy atom. The minimum absolute atomic E-state index is 0.130. The number of hydrogen-bond donors (Lipinski definition) is 3. The number of carbonyl (C=O) groups is 4. The smallest absolute Gasteiger partial charge is 0.287 e. The highest BCUT2D eigenvalue weighted by atomic mass is 19.3. The molecule has 0 radical (unpaired) electrons. The number of Topliss-reactive ketones (excluding diaryl/α,β-unsaturated/α-hetero) is 1. The van der Waals surface area contributed by atoms with Crippen LogP contribution < -0.4 is 16.4 Å². The molecule has 0 aliphatic heterocycles. The lowest BCUT2D eigenvalue weighted by Crippen LogP contribution is -2.46. The Morgan fingerprint density at radius 2 is 1.78 bits per heavy atom. The summed E-state index contributed by atoms with van der Waals surface area (Å²) in [4.78, 5) is 51.7. The molecular formula is C20H18F4N4O4. The molecule has 12 heteroatoms. The average molecular weight is 454 g/mol. The van der Waals surface area contributed by atoms with Crippen molar-refractivity contribution in [1.29, 1.82) is 0 Å². The second kappa shape index (κ2) is 9.98. The maximum atomic E-state index is 13.7. The number of ketones is 1. The first-order valence-corrected chi connectivity index (χ1v) is 9.12. The van der Waals surface area contributed by atoms with Gasteiger partial charge in [-0.15, -0.1) is 0 Å². The Balaban J connectivity index is 2.29. The van der Waals surface area contributed by atoms with Gasteiger partial charge >= 0.3 is 0 Å². The number of aromatic nitrogens is 1. The van der Waals surface area contributed by atoms with Crippen LogP contribution in [0, 0.1) is 11.6 Å². The first-order chi connectivity index (χ1) is 14.9. The molecule has 0 spiro atoms. The van der Waals surface area contributed by atoms with Crippen LogP contribution in [0.25, 0.3) is 0 Å². The number of halogens is 4. The standard InChI is InChI=1S/C20H18F4N4O4/c1-20(23,24)6-5-14(15(29)16(25)30)27-19(32)13-8-12(22)9-26-17(13)28-18(31)10-3-2-4-11(21)7-10/h2-4,7-9,14H,5-6H2,1H3,(H2,25,30)(H,27,32)(H,26,28,31)/t14-/m0/s1. The molecule has 0 fully saturated rings. The van der Waals surface area contributed by atoms with Crippen molar-refractivity contribution in [2.45, 2.75) is 31.7 Å². The van der Waals surface area contributed by atoms with Crippen LogP contribution in [0.5, 0.6) is 0 Å². The summed E-state index contributed by atoms with van der Waals surface area (Å²) in [5.41, 5.74) is 4.20. The summed E-state index contributed by atoms with van der Waals surface area (Å²) < 4.78 is 53.4. The highest BCUT2D eigenvalue weighted by Gasteiger charge is 2.31. The summed E-state index contributed by atoms with van der Waals surface area (Å²) in [6.45, 7) is 0.581. The van der Waals surface area contributed by atoms with Gasteiger partial charge in [-0.1, -0.05) is 6.07 Å². The molecule has 32 heavy (non-hydrogen) atoms. The summed E-state index contributed by atoms with van der Waals surface area (Å²) in [5.74, 6) is -10.2. The van der Waals surface area contributed by atoms with Crippen molar-refractivity contribution >= 4 is 29.3 Å². The van der Waals surface area contributed by atoms with Crippen LogP contribution in [0.2, 0.25) is 0 Å².